The fraction of sp³-hybridized carbons (Fsp3) is 0.657. The van der Waals surface area contributed by atoms with E-state index in [0.29, 0.717) is 6.04 Å². The maximum absolute atomic E-state index is 2.80. The van der Waals surface area contributed by atoms with Gasteiger partial charge >= 0.3 is 0 Å². The van der Waals surface area contributed by atoms with Crippen LogP contribution in [0.3, 0.4) is 0 Å². The number of hydrogen-bond acceptors (Lipinski definition) is 1. The van der Waals surface area contributed by atoms with Crippen molar-refractivity contribution in [2.24, 2.45) is 0 Å². The highest BCUT2D eigenvalue weighted by Gasteiger charge is 2.21. The molecule has 0 amide bonds. The van der Waals surface area contributed by atoms with Gasteiger partial charge in [-0.2, -0.15) is 0 Å². The summed E-state index contributed by atoms with van der Waals surface area (Å²) < 4.78 is 0. The van der Waals surface area contributed by atoms with E-state index in [2.05, 4.69) is 79.4 Å². The molecule has 0 atom stereocenters. The van der Waals surface area contributed by atoms with Crippen LogP contribution in [0, 0.1) is 0 Å². The lowest BCUT2D eigenvalue weighted by Gasteiger charge is -2.33. The monoisotopic (exact) mass is 491 g/mol. The summed E-state index contributed by atoms with van der Waals surface area (Å²) in [5.74, 6) is 0. The van der Waals surface area contributed by atoms with Crippen LogP contribution in [-0.4, -0.2) is 18.0 Å². The molecule has 2 rings (SSSR count). The molecular weight excluding hydrogens is 434 g/mol. The molecule has 1 nitrogen and oxygen atoms in total. The van der Waals surface area contributed by atoms with Crippen LogP contribution in [0.2, 0.25) is 0 Å². The zero-order chi connectivity index (χ0) is 25.5. The van der Waals surface area contributed by atoms with Crippen LogP contribution in [0.25, 0.3) is 0 Å². The van der Waals surface area contributed by atoms with E-state index >= 15 is 0 Å². The van der Waals surface area contributed by atoms with Gasteiger partial charge in [0.05, 0.1) is 6.04 Å². The van der Waals surface area contributed by atoms with E-state index in [1.165, 1.54) is 140 Å². The molecule has 0 heterocycles. The van der Waals surface area contributed by atoms with Gasteiger partial charge in [-0.05, 0) is 37.1 Å². The van der Waals surface area contributed by atoms with Crippen molar-refractivity contribution in [1.82, 2.24) is 4.90 Å². The topological polar surface area (TPSA) is 3.24 Å². The summed E-state index contributed by atoms with van der Waals surface area (Å²) in [6, 6.07) is 22.8. The van der Waals surface area contributed by atoms with E-state index in [1.54, 1.807) is 0 Å². The summed E-state index contributed by atoms with van der Waals surface area (Å²) in [6.07, 6.45) is 25.1. The molecule has 0 bridgehead atoms. The fourth-order valence-corrected chi connectivity index (χ4v) is 5.51. The van der Waals surface area contributed by atoms with E-state index in [4.69, 9.17) is 0 Å². The van der Waals surface area contributed by atoms with Crippen molar-refractivity contribution in [1.29, 1.82) is 0 Å². The molecule has 0 fully saturated rings. The SMILES string of the molecule is CCCCCCCCCCCN(CCCCCCCCCCC)C(c1ccccc1)c1ccccc1. The average molecular weight is 492 g/mol. The van der Waals surface area contributed by atoms with Gasteiger partial charge in [0.2, 0.25) is 0 Å². The van der Waals surface area contributed by atoms with Crippen LogP contribution in [0.1, 0.15) is 147 Å². The van der Waals surface area contributed by atoms with Crippen LogP contribution < -0.4 is 0 Å². The molecule has 0 aromatic heterocycles. The zero-order valence-electron chi connectivity index (χ0n) is 23.9. The van der Waals surface area contributed by atoms with E-state index < -0.39 is 0 Å². The number of nitrogens with zero attached hydrogens (tertiary/aromatic N) is 1. The normalized spacial score (nSPS) is 11.6. The molecule has 36 heavy (non-hydrogen) atoms. The maximum atomic E-state index is 2.80. The second-order valence-electron chi connectivity index (χ2n) is 10.9. The Hall–Kier alpha value is -1.60. The highest BCUT2D eigenvalue weighted by molar-refractivity contribution is 5.31. The third-order valence-electron chi connectivity index (χ3n) is 7.69. The standard InChI is InChI=1S/C35H57N/c1-3-5-7-9-11-13-15-17-25-31-36(32-26-18-16-14-12-10-8-6-4-2)35(33-27-21-19-22-28-33)34-29-23-20-24-30-34/h19-24,27-30,35H,3-18,25-26,31-32H2,1-2H3. The molecule has 2 aromatic rings. The van der Waals surface area contributed by atoms with Gasteiger partial charge in [-0.3, -0.25) is 4.90 Å². The lowest BCUT2D eigenvalue weighted by atomic mass is 9.96. The fourth-order valence-electron chi connectivity index (χ4n) is 5.51. The van der Waals surface area contributed by atoms with Crippen LogP contribution in [-0.2, 0) is 0 Å². The van der Waals surface area contributed by atoms with Crippen molar-refractivity contribution in [3.63, 3.8) is 0 Å². The second-order valence-corrected chi connectivity index (χ2v) is 10.9. The summed E-state index contributed by atoms with van der Waals surface area (Å²) in [4.78, 5) is 2.80. The average Bonchev–Trinajstić information content (AvgIpc) is 2.92. The molecule has 0 spiro atoms. The van der Waals surface area contributed by atoms with Crippen LogP contribution >= 0.6 is 0 Å². The molecule has 0 unspecified atom stereocenters. The molecule has 0 saturated carbocycles. The highest BCUT2D eigenvalue weighted by Crippen LogP contribution is 2.29. The third kappa shape index (κ3) is 13.6. The van der Waals surface area contributed by atoms with Gasteiger partial charge < -0.3 is 0 Å². The van der Waals surface area contributed by atoms with Crippen LogP contribution in [0.15, 0.2) is 60.7 Å². The zero-order valence-corrected chi connectivity index (χ0v) is 23.9. The minimum atomic E-state index is 0.371. The Balaban J connectivity index is 1.88. The van der Waals surface area contributed by atoms with E-state index in [9.17, 15) is 0 Å². The van der Waals surface area contributed by atoms with Gasteiger partial charge in [-0.1, -0.05) is 177 Å². The molecule has 0 aliphatic heterocycles. The summed E-state index contributed by atoms with van der Waals surface area (Å²) >= 11 is 0. The minimum Gasteiger partial charge on any atom is -0.292 e. The molecular formula is C35H57N. The van der Waals surface area contributed by atoms with E-state index in [0.717, 1.165) is 0 Å². The van der Waals surface area contributed by atoms with E-state index in [1.807, 2.05) is 0 Å². The number of unbranched alkanes of at least 4 members (excludes halogenated alkanes) is 16. The van der Waals surface area contributed by atoms with Gasteiger partial charge in [0.1, 0.15) is 0 Å². The second kappa shape index (κ2) is 21.5. The van der Waals surface area contributed by atoms with Crippen LogP contribution in [0.5, 0.6) is 0 Å². The Morgan fingerprint density at radius 1 is 0.417 bits per heavy atom. The Morgan fingerprint density at radius 3 is 1.06 bits per heavy atom. The predicted octanol–water partition coefficient (Wildman–Crippen LogP) is 11.1. The Bertz CT molecular complexity index is 648. The van der Waals surface area contributed by atoms with Crippen molar-refractivity contribution in [2.75, 3.05) is 13.1 Å². The molecule has 0 aliphatic carbocycles. The van der Waals surface area contributed by atoms with Gasteiger partial charge in [-0.25, -0.2) is 0 Å². The van der Waals surface area contributed by atoms with Gasteiger partial charge in [0, 0.05) is 0 Å². The number of benzene rings is 2. The van der Waals surface area contributed by atoms with Crippen molar-refractivity contribution >= 4 is 0 Å². The smallest absolute Gasteiger partial charge is 0.0601 e. The molecule has 0 radical (unpaired) electrons. The molecule has 202 valence electrons. The Morgan fingerprint density at radius 2 is 0.722 bits per heavy atom. The molecule has 0 aliphatic rings. The Labute approximate surface area is 225 Å². The van der Waals surface area contributed by atoms with Crippen molar-refractivity contribution in [2.45, 2.75) is 135 Å². The molecule has 1 heteroatoms. The summed E-state index contributed by atoms with van der Waals surface area (Å²) in [5, 5.41) is 0. The lowest BCUT2D eigenvalue weighted by molar-refractivity contribution is 0.214. The first-order chi connectivity index (χ1) is 17.9. The molecule has 0 N–H and O–H groups in total. The largest absolute Gasteiger partial charge is 0.292 e. The lowest BCUT2D eigenvalue weighted by Crippen LogP contribution is -2.31. The maximum Gasteiger partial charge on any atom is 0.0601 e. The van der Waals surface area contributed by atoms with Gasteiger partial charge in [0.25, 0.3) is 0 Å². The van der Waals surface area contributed by atoms with Crippen molar-refractivity contribution in [3.8, 4) is 0 Å². The Kier molecular flexibility index (Phi) is 18.3. The van der Waals surface area contributed by atoms with Crippen molar-refractivity contribution in [3.05, 3.63) is 71.8 Å². The first-order valence-electron chi connectivity index (χ1n) is 15.7. The summed E-state index contributed by atoms with van der Waals surface area (Å²) in [7, 11) is 0. The van der Waals surface area contributed by atoms with Gasteiger partial charge in [-0.15, -0.1) is 0 Å². The first kappa shape index (κ1) is 30.6. The van der Waals surface area contributed by atoms with Gasteiger partial charge in [0.15, 0.2) is 0 Å². The minimum absolute atomic E-state index is 0.371. The quantitative estimate of drug-likeness (QED) is 0.140. The molecule has 0 saturated heterocycles. The number of rotatable bonds is 23. The third-order valence-corrected chi connectivity index (χ3v) is 7.69. The van der Waals surface area contributed by atoms with Crippen molar-refractivity contribution < 1.29 is 0 Å². The summed E-state index contributed by atoms with van der Waals surface area (Å²) in [6.45, 7) is 7.03. The molecule has 2 aromatic carbocycles. The number of hydrogen-bond donors (Lipinski definition) is 0. The first-order valence-corrected chi connectivity index (χ1v) is 15.7. The van der Waals surface area contributed by atoms with E-state index in [-0.39, 0.29) is 0 Å². The summed E-state index contributed by atoms with van der Waals surface area (Å²) in [5.41, 5.74) is 2.88. The highest BCUT2D eigenvalue weighted by atomic mass is 15.2. The van der Waals surface area contributed by atoms with Crippen LogP contribution in [0.4, 0.5) is 0 Å². The predicted molar refractivity (Wildman–Crippen MR) is 161 cm³/mol.